The number of aliphatic imine (C=N–C) groups is 4. The van der Waals surface area contributed by atoms with Crippen LogP contribution in [0.5, 0.6) is 0 Å². The summed E-state index contributed by atoms with van der Waals surface area (Å²) in [6.07, 6.45) is 0. The van der Waals surface area contributed by atoms with Gasteiger partial charge in [0.15, 0.2) is 0 Å². The van der Waals surface area contributed by atoms with Gasteiger partial charge in [-0.2, -0.15) is 10.5 Å². The van der Waals surface area contributed by atoms with Crippen molar-refractivity contribution in [1.82, 2.24) is 0 Å². The number of rotatable bonds is 4. The Morgan fingerprint density at radius 2 is 0.533 bits per heavy atom. The Morgan fingerprint density at radius 3 is 0.683 bits per heavy atom. The Labute approximate surface area is 379 Å². The van der Waals surface area contributed by atoms with Crippen LogP contribution in [0.3, 0.4) is 0 Å². The Bertz CT molecular complexity index is 1970. The van der Waals surface area contributed by atoms with E-state index in [1.54, 1.807) is 48.5 Å². The van der Waals surface area contributed by atoms with E-state index in [9.17, 15) is 20.4 Å². The molecule has 0 heterocycles. The van der Waals surface area contributed by atoms with Crippen molar-refractivity contribution in [2.24, 2.45) is 20.0 Å². The first-order valence-electron chi connectivity index (χ1n) is 17.8. The zero-order valence-electron chi connectivity index (χ0n) is 34.1. The minimum atomic E-state index is -0.161. The summed E-state index contributed by atoms with van der Waals surface area (Å²) >= 11 is 0. The third kappa shape index (κ3) is 28.8. The van der Waals surface area contributed by atoms with E-state index in [-0.39, 0.29) is 62.5 Å². The van der Waals surface area contributed by atoms with Gasteiger partial charge in [-0.3, -0.25) is 20.0 Å². The molecule has 6 rings (SSSR count). The van der Waals surface area contributed by atoms with E-state index in [1.807, 2.05) is 135 Å². The standard InChI is InChI=1S/4C8H9NO.2C8H7N.2Rh/c4*1-7(10)9-8-5-3-2-4-6-8;2*1-7-4-2-3-5-8(7)6-9;;/h4*2-6H,1H3,(H,9,10);2*2-5H,1H3;;/q;;;;;;2*+2/p-4. The van der Waals surface area contributed by atoms with Crippen LogP contribution < -0.4 is 20.4 Å². The van der Waals surface area contributed by atoms with Crippen LogP contribution in [0, 0.1) is 36.5 Å². The summed E-state index contributed by atoms with van der Waals surface area (Å²) in [5.74, 6) is -0.644. The molecule has 12 heteroatoms. The second-order valence-corrected chi connectivity index (χ2v) is 11.7. The number of aryl methyl sites for hydroxylation is 2. The summed E-state index contributed by atoms with van der Waals surface area (Å²) < 4.78 is 0. The summed E-state index contributed by atoms with van der Waals surface area (Å²) in [4.78, 5) is 14.9. The molecule has 0 fully saturated rings. The van der Waals surface area contributed by atoms with E-state index in [1.165, 1.54) is 27.7 Å². The van der Waals surface area contributed by atoms with Crippen LogP contribution in [0.25, 0.3) is 0 Å². The minimum absolute atomic E-state index is 0. The van der Waals surface area contributed by atoms with E-state index in [4.69, 9.17) is 10.5 Å². The molecule has 0 N–H and O–H groups in total. The monoisotopic (exact) mass is 976 g/mol. The van der Waals surface area contributed by atoms with Crippen LogP contribution in [0.1, 0.15) is 49.9 Å². The summed E-state index contributed by atoms with van der Waals surface area (Å²) in [6.45, 7) is 9.61. The third-order valence-corrected chi connectivity index (χ3v) is 6.70. The molecule has 0 atom stereocenters. The maximum atomic E-state index is 10.4. The Balaban J connectivity index is 0. The van der Waals surface area contributed by atoms with E-state index in [0.717, 1.165) is 45.0 Å². The van der Waals surface area contributed by atoms with Gasteiger partial charge >= 0.3 is 39.0 Å². The second kappa shape index (κ2) is 34.5. The van der Waals surface area contributed by atoms with E-state index >= 15 is 0 Å². The Kier molecular flexibility index (Phi) is 31.9. The molecule has 10 nitrogen and oxygen atoms in total. The molecule has 0 unspecified atom stereocenters. The van der Waals surface area contributed by atoms with E-state index in [0.29, 0.717) is 0 Å². The molecule has 0 saturated carbocycles. The molecule has 0 aliphatic rings. The van der Waals surface area contributed by atoms with Gasteiger partial charge in [0.1, 0.15) is 0 Å². The van der Waals surface area contributed by atoms with Gasteiger partial charge in [-0.05, 0) is 137 Å². The normalized spacial score (nSPS) is 10.2. The smallest absolute Gasteiger partial charge is 0.862 e. The summed E-state index contributed by atoms with van der Waals surface area (Å²) in [7, 11) is 0. The van der Waals surface area contributed by atoms with Gasteiger partial charge in [-0.15, -0.1) is 0 Å². The first-order valence-corrected chi connectivity index (χ1v) is 17.8. The van der Waals surface area contributed by atoms with Gasteiger partial charge in [0.25, 0.3) is 0 Å². The molecule has 2 radical (unpaired) electrons. The summed E-state index contributed by atoms with van der Waals surface area (Å²) in [5, 5.41) is 58.7. The fourth-order valence-corrected chi connectivity index (χ4v) is 4.13. The van der Waals surface area contributed by atoms with Crippen molar-refractivity contribution in [2.45, 2.75) is 41.5 Å². The molecule has 0 saturated heterocycles. The summed E-state index contributed by atoms with van der Waals surface area (Å²) in [6, 6.07) is 56.0. The molecule has 0 bridgehead atoms. The van der Waals surface area contributed by atoms with Gasteiger partial charge in [0, 0.05) is 0 Å². The third-order valence-electron chi connectivity index (χ3n) is 6.70. The Morgan fingerprint density at radius 1 is 0.350 bits per heavy atom. The van der Waals surface area contributed by atoms with Crippen molar-refractivity contribution < 1.29 is 59.4 Å². The van der Waals surface area contributed by atoms with Crippen LogP contribution in [0.2, 0.25) is 0 Å². The molecular weight excluding hydrogens is 930 g/mol. The fourth-order valence-electron chi connectivity index (χ4n) is 4.13. The van der Waals surface area contributed by atoms with E-state index < -0.39 is 0 Å². The van der Waals surface area contributed by atoms with Crippen LogP contribution in [0.15, 0.2) is 190 Å². The van der Waals surface area contributed by atoms with Crippen molar-refractivity contribution in [2.75, 3.05) is 0 Å². The SMILES string of the molecule is CC([O-])=Nc1ccccc1.CC([O-])=Nc1ccccc1.CC([O-])=Nc1ccccc1.CC([O-])=Nc1ccccc1.Cc1ccccc1C#N.Cc1ccccc1C#N.[Rh+2].[Rh+2]. The molecule has 0 aromatic heterocycles. The predicted molar refractivity (Wildman–Crippen MR) is 229 cm³/mol. The van der Waals surface area contributed by atoms with Gasteiger partial charge in [-0.1, -0.05) is 109 Å². The van der Waals surface area contributed by atoms with Gasteiger partial charge in [-0.25, -0.2) is 0 Å². The van der Waals surface area contributed by atoms with Crippen LogP contribution in [-0.2, 0) is 39.0 Å². The average molecular weight is 977 g/mol. The average Bonchev–Trinajstić information content (AvgIpc) is 3.20. The topological polar surface area (TPSA) is 189 Å². The molecule has 6 aromatic carbocycles. The molecule has 6 aromatic rings. The maximum Gasteiger partial charge on any atom is 2.00 e. The van der Waals surface area contributed by atoms with Crippen LogP contribution >= 0.6 is 0 Å². The number of hydrogen-bond donors (Lipinski definition) is 0. The zero-order chi connectivity index (χ0) is 43.0. The number of nitrogens with zero attached hydrogens (tertiary/aromatic N) is 6. The number of para-hydroxylation sites is 4. The molecular formula is C48H46N6O4Rh2. The van der Waals surface area contributed by atoms with Crippen molar-refractivity contribution in [1.29, 1.82) is 10.5 Å². The van der Waals surface area contributed by atoms with Crippen molar-refractivity contribution in [3.8, 4) is 12.1 Å². The molecule has 0 spiro atoms. The quantitative estimate of drug-likeness (QED) is 0.0974. The van der Waals surface area contributed by atoms with Gasteiger partial charge in [0.2, 0.25) is 0 Å². The van der Waals surface area contributed by atoms with Crippen molar-refractivity contribution in [3.05, 3.63) is 192 Å². The first kappa shape index (κ1) is 55.5. The van der Waals surface area contributed by atoms with Crippen molar-refractivity contribution in [3.63, 3.8) is 0 Å². The largest absolute Gasteiger partial charge is 2.00 e. The molecule has 0 aliphatic carbocycles. The summed E-state index contributed by atoms with van der Waals surface area (Å²) in [5.41, 5.74) is 6.48. The molecule has 0 amide bonds. The van der Waals surface area contributed by atoms with Crippen LogP contribution in [0.4, 0.5) is 22.7 Å². The molecule has 0 aliphatic heterocycles. The fraction of sp³-hybridized carbons (Fsp3) is 0.125. The molecule has 60 heavy (non-hydrogen) atoms. The predicted octanol–water partition coefficient (Wildman–Crippen LogP) is 8.12. The van der Waals surface area contributed by atoms with Crippen LogP contribution in [-0.4, -0.2) is 23.6 Å². The van der Waals surface area contributed by atoms with Crippen molar-refractivity contribution >= 4 is 46.3 Å². The van der Waals surface area contributed by atoms with Gasteiger partial charge in [0.05, 0.1) is 46.0 Å². The molecule has 310 valence electrons. The first-order chi connectivity index (χ1) is 27.8. The second-order valence-electron chi connectivity index (χ2n) is 11.7. The number of hydrogen-bond acceptors (Lipinski definition) is 10. The Hall–Kier alpha value is -6.57. The number of benzene rings is 6. The van der Waals surface area contributed by atoms with E-state index in [2.05, 4.69) is 32.1 Å². The maximum absolute atomic E-state index is 10.4. The number of nitriles is 2. The minimum Gasteiger partial charge on any atom is -0.862 e. The van der Waals surface area contributed by atoms with Gasteiger partial charge < -0.3 is 20.4 Å². The zero-order valence-corrected chi connectivity index (χ0v) is 37.4.